The third-order valence-corrected chi connectivity index (χ3v) is 7.12. The zero-order chi connectivity index (χ0) is 22.3. The first-order valence-corrected chi connectivity index (χ1v) is 11.7. The minimum Gasteiger partial charge on any atom is -0.497 e. The van der Waals surface area contributed by atoms with E-state index in [4.69, 9.17) is 9.47 Å². The maximum Gasteiger partial charge on any atom is 0.306 e. The van der Waals surface area contributed by atoms with Crippen LogP contribution >= 0.6 is 0 Å². The van der Waals surface area contributed by atoms with Gasteiger partial charge in [0, 0.05) is 37.4 Å². The van der Waals surface area contributed by atoms with Gasteiger partial charge in [0.15, 0.2) is 0 Å². The number of aldehydes is 1. The summed E-state index contributed by atoms with van der Waals surface area (Å²) in [7, 11) is 1.63. The van der Waals surface area contributed by atoms with Crippen LogP contribution in [0.15, 0.2) is 54.6 Å². The van der Waals surface area contributed by atoms with Crippen molar-refractivity contribution in [2.75, 3.05) is 20.2 Å². The number of carbonyl (C=O) groups is 2. The SMILES string of the molecule is COc1ccc(COC(=O)C[C@H]2CCCC[C@H]2N2CC(C=O)C(c3ccccc3)C2)cc1. The predicted octanol–water partition coefficient (Wildman–Crippen LogP) is 4.60. The molecular weight excluding hydrogens is 402 g/mol. The summed E-state index contributed by atoms with van der Waals surface area (Å²) in [6.45, 7) is 1.95. The fraction of sp³-hybridized carbons (Fsp3) is 0.481. The Morgan fingerprint density at radius 2 is 1.78 bits per heavy atom. The van der Waals surface area contributed by atoms with E-state index in [0.29, 0.717) is 12.5 Å². The van der Waals surface area contributed by atoms with Crippen LogP contribution in [0.3, 0.4) is 0 Å². The first-order chi connectivity index (χ1) is 15.7. The molecule has 1 saturated carbocycles. The van der Waals surface area contributed by atoms with Gasteiger partial charge in [-0.1, -0.05) is 55.3 Å². The molecule has 0 bridgehead atoms. The molecular formula is C27H33NO4. The Kier molecular flexibility index (Phi) is 7.59. The highest BCUT2D eigenvalue weighted by Gasteiger charge is 2.40. The van der Waals surface area contributed by atoms with Gasteiger partial charge in [-0.3, -0.25) is 9.69 Å². The van der Waals surface area contributed by atoms with Crippen molar-refractivity contribution in [2.45, 2.75) is 50.7 Å². The number of hydrogen-bond acceptors (Lipinski definition) is 5. The van der Waals surface area contributed by atoms with Gasteiger partial charge < -0.3 is 14.3 Å². The Labute approximate surface area is 190 Å². The van der Waals surface area contributed by atoms with Crippen molar-refractivity contribution in [3.63, 3.8) is 0 Å². The number of esters is 1. The summed E-state index contributed by atoms with van der Waals surface area (Å²) in [6, 6.07) is 18.3. The summed E-state index contributed by atoms with van der Waals surface area (Å²) < 4.78 is 10.8. The van der Waals surface area contributed by atoms with E-state index >= 15 is 0 Å². The highest BCUT2D eigenvalue weighted by atomic mass is 16.5. The molecule has 2 aromatic rings. The maximum absolute atomic E-state index is 12.7. The molecule has 4 atom stereocenters. The van der Waals surface area contributed by atoms with E-state index in [0.717, 1.165) is 50.0 Å². The van der Waals surface area contributed by atoms with E-state index in [9.17, 15) is 9.59 Å². The minimum atomic E-state index is -0.136. The topological polar surface area (TPSA) is 55.8 Å². The fourth-order valence-corrected chi connectivity index (χ4v) is 5.39. The Morgan fingerprint density at radius 1 is 1.03 bits per heavy atom. The maximum atomic E-state index is 12.7. The van der Waals surface area contributed by atoms with Crippen LogP contribution < -0.4 is 4.74 Å². The first kappa shape index (κ1) is 22.5. The molecule has 4 rings (SSSR count). The highest BCUT2D eigenvalue weighted by molar-refractivity contribution is 5.69. The molecule has 0 spiro atoms. The summed E-state index contributed by atoms with van der Waals surface area (Å²) in [6.07, 6.45) is 6.03. The lowest BCUT2D eigenvalue weighted by atomic mass is 9.81. The Hall–Kier alpha value is -2.66. The van der Waals surface area contributed by atoms with Crippen LogP contribution in [0.25, 0.3) is 0 Å². The minimum absolute atomic E-state index is 0.0157. The molecule has 32 heavy (non-hydrogen) atoms. The van der Waals surface area contributed by atoms with E-state index in [1.807, 2.05) is 42.5 Å². The summed E-state index contributed by atoms with van der Waals surface area (Å²) in [5, 5.41) is 0. The van der Waals surface area contributed by atoms with Crippen molar-refractivity contribution >= 4 is 12.3 Å². The molecule has 2 aromatic carbocycles. The second-order valence-corrected chi connectivity index (χ2v) is 9.10. The van der Waals surface area contributed by atoms with Crippen LogP contribution in [0.5, 0.6) is 5.75 Å². The Bertz CT molecular complexity index is 882. The summed E-state index contributed by atoms with van der Waals surface area (Å²) in [5.74, 6) is 1.19. The number of hydrogen-bond donors (Lipinski definition) is 0. The average Bonchev–Trinajstić information content (AvgIpc) is 3.28. The molecule has 5 nitrogen and oxygen atoms in total. The predicted molar refractivity (Wildman–Crippen MR) is 123 cm³/mol. The molecule has 5 heteroatoms. The lowest BCUT2D eigenvalue weighted by Gasteiger charge is -2.37. The van der Waals surface area contributed by atoms with Gasteiger partial charge in [-0.15, -0.1) is 0 Å². The van der Waals surface area contributed by atoms with Gasteiger partial charge in [-0.2, -0.15) is 0 Å². The lowest BCUT2D eigenvalue weighted by Crippen LogP contribution is -2.42. The van der Waals surface area contributed by atoms with Gasteiger partial charge >= 0.3 is 5.97 Å². The van der Waals surface area contributed by atoms with Crippen molar-refractivity contribution in [3.05, 3.63) is 65.7 Å². The third kappa shape index (κ3) is 5.39. The van der Waals surface area contributed by atoms with Crippen molar-refractivity contribution in [3.8, 4) is 5.75 Å². The molecule has 2 fully saturated rings. The van der Waals surface area contributed by atoms with Crippen LogP contribution in [-0.4, -0.2) is 43.4 Å². The zero-order valence-corrected chi connectivity index (χ0v) is 18.8. The number of ether oxygens (including phenoxy) is 2. The molecule has 0 N–H and O–H groups in total. The third-order valence-electron chi connectivity index (χ3n) is 7.12. The number of carbonyl (C=O) groups excluding carboxylic acids is 2. The second-order valence-electron chi connectivity index (χ2n) is 9.10. The lowest BCUT2D eigenvalue weighted by molar-refractivity contribution is -0.147. The van der Waals surface area contributed by atoms with Crippen molar-refractivity contribution in [1.29, 1.82) is 0 Å². The van der Waals surface area contributed by atoms with Crippen LogP contribution in [0.2, 0.25) is 0 Å². The van der Waals surface area contributed by atoms with E-state index in [1.165, 1.54) is 12.0 Å². The number of rotatable bonds is 8. The van der Waals surface area contributed by atoms with Gasteiger partial charge in [0.2, 0.25) is 0 Å². The van der Waals surface area contributed by atoms with E-state index < -0.39 is 0 Å². The van der Waals surface area contributed by atoms with Crippen molar-refractivity contribution in [2.24, 2.45) is 11.8 Å². The molecule has 2 aliphatic rings. The quantitative estimate of drug-likeness (QED) is 0.448. The summed E-state index contributed by atoms with van der Waals surface area (Å²) >= 11 is 0. The van der Waals surface area contributed by atoms with E-state index in [2.05, 4.69) is 17.0 Å². The molecule has 1 aliphatic carbocycles. The van der Waals surface area contributed by atoms with Crippen LogP contribution in [0.1, 0.15) is 49.1 Å². The molecule has 1 heterocycles. The van der Waals surface area contributed by atoms with Crippen molar-refractivity contribution < 1.29 is 19.1 Å². The number of nitrogens with zero attached hydrogens (tertiary/aromatic N) is 1. The fourth-order valence-electron chi connectivity index (χ4n) is 5.39. The van der Waals surface area contributed by atoms with Crippen LogP contribution in [-0.2, 0) is 20.9 Å². The van der Waals surface area contributed by atoms with Gasteiger partial charge in [0.1, 0.15) is 18.6 Å². The largest absolute Gasteiger partial charge is 0.497 e. The monoisotopic (exact) mass is 435 g/mol. The Balaban J connectivity index is 1.36. The zero-order valence-electron chi connectivity index (χ0n) is 18.8. The van der Waals surface area contributed by atoms with Gasteiger partial charge in [0.25, 0.3) is 0 Å². The molecule has 0 amide bonds. The second kappa shape index (κ2) is 10.8. The molecule has 0 aromatic heterocycles. The van der Waals surface area contributed by atoms with Crippen molar-refractivity contribution in [1.82, 2.24) is 4.90 Å². The molecule has 170 valence electrons. The standard InChI is InChI=1S/C27H33NO4/c1-31-24-13-11-20(12-14-24)19-32-27(30)15-22-9-5-6-10-26(22)28-16-23(18-29)25(17-28)21-7-3-2-4-8-21/h2-4,7-8,11-14,18,22-23,25-26H,5-6,9-10,15-17,19H2,1H3/t22-,23?,25?,26-/m1/s1. The van der Waals surface area contributed by atoms with Crippen LogP contribution in [0, 0.1) is 11.8 Å². The molecule has 1 saturated heterocycles. The summed E-state index contributed by atoms with van der Waals surface area (Å²) in [5.41, 5.74) is 2.19. The van der Waals surface area contributed by atoms with Crippen LogP contribution in [0.4, 0.5) is 0 Å². The van der Waals surface area contributed by atoms with E-state index in [-0.39, 0.29) is 30.3 Å². The molecule has 1 aliphatic heterocycles. The number of likely N-dealkylation sites (tertiary alicyclic amines) is 1. The average molecular weight is 436 g/mol. The highest BCUT2D eigenvalue weighted by Crippen LogP contribution is 2.38. The van der Waals surface area contributed by atoms with Gasteiger partial charge in [0.05, 0.1) is 7.11 Å². The Morgan fingerprint density at radius 3 is 2.50 bits per heavy atom. The number of methoxy groups -OCH3 is 1. The molecule has 2 unspecified atom stereocenters. The number of benzene rings is 2. The summed E-state index contributed by atoms with van der Waals surface area (Å²) in [4.78, 5) is 27.0. The first-order valence-electron chi connectivity index (χ1n) is 11.7. The van der Waals surface area contributed by atoms with Gasteiger partial charge in [-0.05, 0) is 42.0 Å². The normalized spacial score (nSPS) is 25.9. The van der Waals surface area contributed by atoms with E-state index in [1.54, 1.807) is 7.11 Å². The smallest absolute Gasteiger partial charge is 0.306 e. The van der Waals surface area contributed by atoms with Gasteiger partial charge in [-0.25, -0.2) is 0 Å². The molecule has 0 radical (unpaired) electrons.